The Balaban J connectivity index is 2.53. The number of aliphatic hydroxyl groups is 1. The standard InChI is InChI=1S/C11H11ClF2N2O4/c12-6-3-5(13)4-7(14)9(6)16-11(20)15-2-1-8(17)10(18)19/h3-4,8,17H,1-2H2,(H,18,19)(H2,15,16,20)/t8-/m0/s1. The predicted molar refractivity (Wildman–Crippen MR) is 66.6 cm³/mol. The van der Waals surface area contributed by atoms with Gasteiger partial charge in [0.1, 0.15) is 5.82 Å². The molecule has 1 aromatic rings. The van der Waals surface area contributed by atoms with Crippen molar-refractivity contribution in [3.05, 3.63) is 28.8 Å². The highest BCUT2D eigenvalue weighted by Gasteiger charge is 2.15. The number of urea groups is 1. The molecule has 0 heterocycles. The topological polar surface area (TPSA) is 98.7 Å². The molecular formula is C11H11ClF2N2O4. The molecule has 0 radical (unpaired) electrons. The highest BCUT2D eigenvalue weighted by molar-refractivity contribution is 6.33. The molecule has 2 amide bonds. The molecule has 1 rings (SSSR count). The maximum absolute atomic E-state index is 13.3. The Morgan fingerprint density at radius 2 is 2.00 bits per heavy atom. The summed E-state index contributed by atoms with van der Waals surface area (Å²) in [5.74, 6) is -3.35. The summed E-state index contributed by atoms with van der Waals surface area (Å²) >= 11 is 5.56. The molecule has 1 atom stereocenters. The first-order chi connectivity index (χ1) is 9.31. The molecule has 9 heteroatoms. The van der Waals surface area contributed by atoms with E-state index in [1.807, 2.05) is 0 Å². The normalized spacial score (nSPS) is 11.8. The summed E-state index contributed by atoms with van der Waals surface area (Å²) in [5.41, 5.74) is -0.399. The van der Waals surface area contributed by atoms with E-state index in [4.69, 9.17) is 21.8 Å². The van der Waals surface area contributed by atoms with Crippen molar-refractivity contribution < 1.29 is 28.6 Å². The van der Waals surface area contributed by atoms with E-state index >= 15 is 0 Å². The molecule has 0 saturated heterocycles. The summed E-state index contributed by atoms with van der Waals surface area (Å²) < 4.78 is 26.1. The number of amides is 2. The smallest absolute Gasteiger partial charge is 0.332 e. The zero-order chi connectivity index (χ0) is 15.3. The van der Waals surface area contributed by atoms with E-state index in [-0.39, 0.29) is 18.0 Å². The second-order valence-corrected chi connectivity index (χ2v) is 4.18. The van der Waals surface area contributed by atoms with Crippen LogP contribution < -0.4 is 10.6 Å². The average molecular weight is 309 g/mol. The van der Waals surface area contributed by atoms with Crippen LogP contribution in [0.2, 0.25) is 5.02 Å². The minimum atomic E-state index is -1.61. The van der Waals surface area contributed by atoms with Gasteiger partial charge in [0.05, 0.1) is 10.7 Å². The Hall–Kier alpha value is -1.93. The largest absolute Gasteiger partial charge is 0.479 e. The molecule has 0 unspecified atom stereocenters. The molecule has 110 valence electrons. The number of hydrogen-bond acceptors (Lipinski definition) is 3. The molecular weight excluding hydrogens is 298 g/mol. The summed E-state index contributed by atoms with van der Waals surface area (Å²) in [4.78, 5) is 21.7. The van der Waals surface area contributed by atoms with E-state index < -0.39 is 35.4 Å². The van der Waals surface area contributed by atoms with Crippen molar-refractivity contribution in [3.63, 3.8) is 0 Å². The van der Waals surface area contributed by atoms with Gasteiger partial charge in [0.25, 0.3) is 0 Å². The van der Waals surface area contributed by atoms with Gasteiger partial charge in [0, 0.05) is 19.0 Å². The number of halogens is 3. The molecule has 0 aliphatic carbocycles. The molecule has 0 aliphatic rings. The number of anilines is 1. The maximum atomic E-state index is 13.3. The number of carboxylic acid groups (broad SMARTS) is 1. The Morgan fingerprint density at radius 1 is 1.35 bits per heavy atom. The molecule has 0 aliphatic heterocycles. The average Bonchev–Trinajstić information content (AvgIpc) is 2.33. The van der Waals surface area contributed by atoms with Crippen molar-refractivity contribution in [2.45, 2.75) is 12.5 Å². The Morgan fingerprint density at radius 3 is 2.55 bits per heavy atom. The number of aliphatic carboxylic acids is 1. The third kappa shape index (κ3) is 4.63. The fourth-order valence-corrected chi connectivity index (χ4v) is 1.51. The highest BCUT2D eigenvalue weighted by atomic mass is 35.5. The summed E-state index contributed by atoms with van der Waals surface area (Å²) in [6, 6.07) is 0.513. The van der Waals surface area contributed by atoms with Crippen LogP contribution in [0, 0.1) is 11.6 Å². The minimum absolute atomic E-state index is 0.153. The molecule has 0 saturated carbocycles. The van der Waals surface area contributed by atoms with Gasteiger partial charge < -0.3 is 20.8 Å². The SMILES string of the molecule is O=C(NCC[C@H](O)C(=O)O)Nc1c(F)cc(F)cc1Cl. The number of rotatable bonds is 5. The predicted octanol–water partition coefficient (Wildman–Crippen LogP) is 1.58. The van der Waals surface area contributed by atoms with Crippen LogP contribution in [0.4, 0.5) is 19.3 Å². The van der Waals surface area contributed by atoms with Crippen molar-refractivity contribution in [1.29, 1.82) is 0 Å². The second-order valence-electron chi connectivity index (χ2n) is 3.77. The summed E-state index contributed by atoms with van der Waals surface area (Å²) in [6.07, 6.45) is -1.83. The van der Waals surface area contributed by atoms with E-state index in [0.29, 0.717) is 6.07 Å². The lowest BCUT2D eigenvalue weighted by Gasteiger charge is -2.10. The maximum Gasteiger partial charge on any atom is 0.332 e. The van der Waals surface area contributed by atoms with Crippen LogP contribution in [-0.2, 0) is 4.79 Å². The summed E-state index contributed by atoms with van der Waals surface area (Å²) in [5, 5.41) is 21.3. The quantitative estimate of drug-likeness (QED) is 0.663. The molecule has 20 heavy (non-hydrogen) atoms. The molecule has 0 spiro atoms. The van der Waals surface area contributed by atoms with E-state index in [1.54, 1.807) is 0 Å². The summed E-state index contributed by atoms with van der Waals surface area (Å²) in [7, 11) is 0. The second kappa shape index (κ2) is 7.01. The highest BCUT2D eigenvalue weighted by Crippen LogP contribution is 2.26. The van der Waals surface area contributed by atoms with Crippen molar-refractivity contribution in [2.75, 3.05) is 11.9 Å². The van der Waals surface area contributed by atoms with E-state index in [0.717, 1.165) is 6.07 Å². The van der Waals surface area contributed by atoms with E-state index in [2.05, 4.69) is 10.6 Å². The van der Waals surface area contributed by atoms with E-state index in [1.165, 1.54) is 0 Å². The Kier molecular flexibility index (Phi) is 5.66. The zero-order valence-corrected chi connectivity index (χ0v) is 10.7. The van der Waals surface area contributed by atoms with Gasteiger partial charge in [-0.05, 0) is 6.07 Å². The monoisotopic (exact) mass is 308 g/mol. The van der Waals surface area contributed by atoms with Crippen molar-refractivity contribution in [2.24, 2.45) is 0 Å². The molecule has 0 bridgehead atoms. The fourth-order valence-electron chi connectivity index (χ4n) is 1.27. The Labute approximate surface area is 117 Å². The van der Waals surface area contributed by atoms with Gasteiger partial charge in [-0.15, -0.1) is 0 Å². The molecule has 4 N–H and O–H groups in total. The fraction of sp³-hybridized carbons (Fsp3) is 0.273. The van der Waals surface area contributed by atoms with Crippen molar-refractivity contribution >= 4 is 29.3 Å². The van der Waals surface area contributed by atoms with Crippen LogP contribution in [0.1, 0.15) is 6.42 Å². The number of carbonyl (C=O) groups is 2. The van der Waals surface area contributed by atoms with Crippen molar-refractivity contribution in [1.82, 2.24) is 5.32 Å². The van der Waals surface area contributed by atoms with Crippen LogP contribution in [0.3, 0.4) is 0 Å². The number of hydrogen-bond donors (Lipinski definition) is 4. The van der Waals surface area contributed by atoms with Gasteiger partial charge in [-0.1, -0.05) is 11.6 Å². The molecule has 1 aromatic carbocycles. The first kappa shape index (κ1) is 16.1. The number of benzene rings is 1. The zero-order valence-electron chi connectivity index (χ0n) is 9.99. The Bertz CT molecular complexity index is 504. The lowest BCUT2D eigenvalue weighted by molar-refractivity contribution is -0.146. The van der Waals surface area contributed by atoms with E-state index in [9.17, 15) is 18.4 Å². The van der Waals surface area contributed by atoms with Gasteiger partial charge in [-0.2, -0.15) is 0 Å². The lowest BCUT2D eigenvalue weighted by Crippen LogP contribution is -2.33. The van der Waals surface area contributed by atoms with Crippen LogP contribution in [0.25, 0.3) is 0 Å². The van der Waals surface area contributed by atoms with Gasteiger partial charge in [-0.25, -0.2) is 18.4 Å². The van der Waals surface area contributed by atoms with Crippen LogP contribution in [-0.4, -0.2) is 34.9 Å². The molecule has 0 fully saturated rings. The summed E-state index contributed by atoms with van der Waals surface area (Å²) in [6.45, 7) is -0.153. The first-order valence-corrected chi connectivity index (χ1v) is 5.79. The van der Waals surface area contributed by atoms with Crippen LogP contribution in [0.15, 0.2) is 12.1 Å². The minimum Gasteiger partial charge on any atom is -0.479 e. The van der Waals surface area contributed by atoms with Gasteiger partial charge in [0.2, 0.25) is 0 Å². The van der Waals surface area contributed by atoms with Gasteiger partial charge >= 0.3 is 12.0 Å². The third-order valence-corrected chi connectivity index (χ3v) is 2.53. The number of carboxylic acids is 1. The van der Waals surface area contributed by atoms with Gasteiger partial charge in [-0.3, -0.25) is 0 Å². The molecule has 0 aromatic heterocycles. The molecule has 6 nitrogen and oxygen atoms in total. The van der Waals surface area contributed by atoms with Crippen LogP contribution >= 0.6 is 11.6 Å². The van der Waals surface area contributed by atoms with Crippen LogP contribution in [0.5, 0.6) is 0 Å². The van der Waals surface area contributed by atoms with Gasteiger partial charge in [0.15, 0.2) is 11.9 Å². The first-order valence-electron chi connectivity index (χ1n) is 5.41. The number of carbonyl (C=O) groups excluding carboxylic acids is 1. The number of nitrogens with one attached hydrogen (secondary N) is 2. The lowest BCUT2D eigenvalue weighted by atomic mass is 10.2. The third-order valence-electron chi connectivity index (χ3n) is 2.23. The van der Waals surface area contributed by atoms with Crippen molar-refractivity contribution in [3.8, 4) is 0 Å². The number of aliphatic hydroxyl groups excluding tert-OH is 1.